The van der Waals surface area contributed by atoms with Gasteiger partial charge in [0.2, 0.25) is 0 Å². The lowest BCUT2D eigenvalue weighted by Gasteiger charge is -2.09. The number of nitrogens with one attached hydrogen (secondary N) is 1. The van der Waals surface area contributed by atoms with E-state index in [9.17, 15) is 18.8 Å². The molecule has 3 amide bonds. The Morgan fingerprint density at radius 2 is 2.06 bits per heavy atom. The van der Waals surface area contributed by atoms with Crippen molar-refractivity contribution in [3.05, 3.63) is 29.6 Å². The first-order valence-corrected chi connectivity index (χ1v) is 4.92. The molecular weight excluding hydrogens is 243 g/mol. The maximum Gasteiger partial charge on any atom is 0.318 e. The number of Topliss-reactive ketones (excluding diaryl/α,β-unsaturated/α-hetero) is 1. The van der Waals surface area contributed by atoms with Crippen LogP contribution >= 0.6 is 0 Å². The van der Waals surface area contributed by atoms with Crippen LogP contribution in [0.2, 0.25) is 0 Å². The molecule has 0 aliphatic rings. The number of ether oxygens (including phenoxy) is 1. The molecule has 3 N–H and O–H groups in total. The summed E-state index contributed by atoms with van der Waals surface area (Å²) in [5.74, 6) is -1.80. The average molecular weight is 254 g/mol. The van der Waals surface area contributed by atoms with Gasteiger partial charge in [-0.25, -0.2) is 9.18 Å². The zero-order chi connectivity index (χ0) is 13.7. The van der Waals surface area contributed by atoms with E-state index < -0.39 is 24.4 Å². The molecule has 0 saturated carbocycles. The molecule has 1 aromatic rings. The number of hydrogen-bond donors (Lipinski definition) is 2. The summed E-state index contributed by atoms with van der Waals surface area (Å²) in [5, 5.41) is 1.77. The number of benzene rings is 1. The average Bonchev–Trinajstić information content (AvgIpc) is 2.25. The van der Waals surface area contributed by atoms with Crippen molar-refractivity contribution in [1.82, 2.24) is 5.32 Å². The zero-order valence-corrected chi connectivity index (χ0v) is 9.53. The number of hydrogen-bond acceptors (Lipinski definition) is 4. The summed E-state index contributed by atoms with van der Waals surface area (Å²) >= 11 is 0. The van der Waals surface area contributed by atoms with E-state index in [1.165, 1.54) is 13.0 Å². The van der Waals surface area contributed by atoms with Crippen LogP contribution in [0.1, 0.15) is 17.3 Å². The highest BCUT2D eigenvalue weighted by Crippen LogP contribution is 2.20. The fourth-order valence-corrected chi connectivity index (χ4v) is 1.22. The Labute approximate surface area is 102 Å². The Bertz CT molecular complexity index is 502. The van der Waals surface area contributed by atoms with Gasteiger partial charge in [-0.2, -0.15) is 0 Å². The summed E-state index contributed by atoms with van der Waals surface area (Å²) in [6, 6.07) is 2.31. The molecule has 0 bridgehead atoms. The molecule has 6 nitrogen and oxygen atoms in total. The first-order chi connectivity index (χ1) is 8.40. The van der Waals surface area contributed by atoms with E-state index in [4.69, 9.17) is 10.5 Å². The Morgan fingerprint density at radius 3 is 2.61 bits per heavy atom. The Kier molecular flexibility index (Phi) is 4.36. The standard InChI is InChI=1S/C11H11FN2O4/c1-6(15)8-3-2-7(12)4-9(8)18-5-10(16)14-11(13)17/h2-4H,5H2,1H3,(H3,13,14,16,17). The molecule has 0 heterocycles. The molecule has 0 atom stereocenters. The van der Waals surface area contributed by atoms with Crippen molar-refractivity contribution in [3.63, 3.8) is 0 Å². The molecular formula is C11H11FN2O4. The molecule has 18 heavy (non-hydrogen) atoms. The van der Waals surface area contributed by atoms with E-state index in [2.05, 4.69) is 0 Å². The van der Waals surface area contributed by atoms with Gasteiger partial charge in [0.05, 0.1) is 5.56 Å². The number of primary amides is 1. The van der Waals surface area contributed by atoms with Gasteiger partial charge >= 0.3 is 6.03 Å². The van der Waals surface area contributed by atoms with Gasteiger partial charge in [-0.05, 0) is 19.1 Å². The second-order valence-corrected chi connectivity index (χ2v) is 3.40. The van der Waals surface area contributed by atoms with Crippen LogP contribution in [0.4, 0.5) is 9.18 Å². The molecule has 0 aromatic heterocycles. The molecule has 1 aromatic carbocycles. The number of nitrogens with two attached hydrogens (primary N) is 1. The van der Waals surface area contributed by atoms with Crippen LogP contribution in [0.25, 0.3) is 0 Å². The predicted molar refractivity (Wildman–Crippen MR) is 59.6 cm³/mol. The quantitative estimate of drug-likeness (QED) is 0.768. The van der Waals surface area contributed by atoms with Crippen molar-refractivity contribution in [3.8, 4) is 5.75 Å². The van der Waals surface area contributed by atoms with Gasteiger partial charge in [-0.1, -0.05) is 0 Å². The number of ketones is 1. The molecule has 0 aliphatic carbocycles. The maximum absolute atomic E-state index is 13.0. The first kappa shape index (κ1) is 13.6. The van der Waals surface area contributed by atoms with Gasteiger partial charge in [0, 0.05) is 6.07 Å². The number of halogens is 1. The van der Waals surface area contributed by atoms with Gasteiger partial charge in [0.25, 0.3) is 5.91 Å². The summed E-state index contributed by atoms with van der Waals surface area (Å²) < 4.78 is 17.9. The number of urea groups is 1. The molecule has 0 unspecified atom stereocenters. The third kappa shape index (κ3) is 3.85. The normalized spacial score (nSPS) is 9.67. The van der Waals surface area contributed by atoms with Gasteiger partial charge in [-0.15, -0.1) is 0 Å². The summed E-state index contributed by atoms with van der Waals surface area (Å²) in [4.78, 5) is 32.7. The lowest BCUT2D eigenvalue weighted by Crippen LogP contribution is -2.38. The first-order valence-electron chi connectivity index (χ1n) is 4.92. The van der Waals surface area contributed by atoms with E-state index in [-0.39, 0.29) is 17.1 Å². The van der Waals surface area contributed by atoms with Gasteiger partial charge in [0.15, 0.2) is 12.4 Å². The van der Waals surface area contributed by atoms with E-state index >= 15 is 0 Å². The topological polar surface area (TPSA) is 98.5 Å². The largest absolute Gasteiger partial charge is 0.483 e. The number of carbonyl (C=O) groups excluding carboxylic acids is 3. The van der Waals surface area contributed by atoms with Crippen molar-refractivity contribution in [2.24, 2.45) is 5.73 Å². The number of imide groups is 1. The highest BCUT2D eigenvalue weighted by Gasteiger charge is 2.12. The molecule has 96 valence electrons. The van der Waals surface area contributed by atoms with Crippen LogP contribution in [-0.2, 0) is 4.79 Å². The van der Waals surface area contributed by atoms with Gasteiger partial charge in [0.1, 0.15) is 11.6 Å². The molecule has 7 heteroatoms. The lowest BCUT2D eigenvalue weighted by molar-refractivity contribution is -0.121. The van der Waals surface area contributed by atoms with Crippen molar-refractivity contribution in [2.45, 2.75) is 6.92 Å². The third-order valence-corrected chi connectivity index (χ3v) is 1.94. The molecule has 1 rings (SSSR count). The van der Waals surface area contributed by atoms with Crippen molar-refractivity contribution < 1.29 is 23.5 Å². The summed E-state index contributed by atoms with van der Waals surface area (Å²) in [6.45, 7) is 0.732. The number of rotatable bonds is 4. The Balaban J connectivity index is 2.77. The van der Waals surface area contributed by atoms with E-state index in [0.29, 0.717) is 0 Å². The lowest BCUT2D eigenvalue weighted by atomic mass is 10.1. The van der Waals surface area contributed by atoms with Crippen LogP contribution < -0.4 is 15.8 Å². The van der Waals surface area contributed by atoms with Gasteiger partial charge in [-0.3, -0.25) is 14.9 Å². The Hall–Kier alpha value is -2.44. The minimum atomic E-state index is -1.02. The maximum atomic E-state index is 13.0. The minimum Gasteiger partial charge on any atom is -0.483 e. The monoisotopic (exact) mass is 254 g/mol. The molecule has 0 fully saturated rings. The van der Waals surface area contributed by atoms with Crippen LogP contribution in [0.15, 0.2) is 18.2 Å². The van der Waals surface area contributed by atoms with Crippen molar-refractivity contribution in [1.29, 1.82) is 0 Å². The summed E-state index contributed by atoms with van der Waals surface area (Å²) in [5.41, 5.74) is 4.87. The fourth-order valence-electron chi connectivity index (χ4n) is 1.22. The smallest absolute Gasteiger partial charge is 0.318 e. The second kappa shape index (κ2) is 5.76. The molecule has 0 saturated heterocycles. The fraction of sp³-hybridized carbons (Fsp3) is 0.182. The third-order valence-electron chi connectivity index (χ3n) is 1.94. The van der Waals surface area contributed by atoms with Crippen molar-refractivity contribution in [2.75, 3.05) is 6.61 Å². The van der Waals surface area contributed by atoms with Crippen LogP contribution in [0, 0.1) is 5.82 Å². The summed E-state index contributed by atoms with van der Waals surface area (Å²) in [7, 11) is 0. The van der Waals surface area contributed by atoms with Crippen LogP contribution in [-0.4, -0.2) is 24.3 Å². The van der Waals surface area contributed by atoms with Crippen LogP contribution in [0.3, 0.4) is 0 Å². The van der Waals surface area contributed by atoms with E-state index in [1.807, 2.05) is 0 Å². The number of amides is 3. The molecule has 0 aliphatic heterocycles. The molecule has 0 radical (unpaired) electrons. The van der Waals surface area contributed by atoms with Crippen LogP contribution in [0.5, 0.6) is 5.75 Å². The summed E-state index contributed by atoms with van der Waals surface area (Å²) in [6.07, 6.45) is 0. The van der Waals surface area contributed by atoms with Crippen molar-refractivity contribution >= 4 is 17.7 Å². The van der Waals surface area contributed by atoms with E-state index in [0.717, 1.165) is 12.1 Å². The zero-order valence-electron chi connectivity index (χ0n) is 9.53. The SMILES string of the molecule is CC(=O)c1ccc(F)cc1OCC(=O)NC(N)=O. The van der Waals surface area contributed by atoms with Gasteiger partial charge < -0.3 is 10.5 Å². The second-order valence-electron chi connectivity index (χ2n) is 3.40. The minimum absolute atomic E-state index is 0.0675. The highest BCUT2D eigenvalue weighted by molar-refractivity contribution is 5.97. The molecule has 0 spiro atoms. The number of carbonyl (C=O) groups is 3. The predicted octanol–water partition coefficient (Wildman–Crippen LogP) is 0.602. The Morgan fingerprint density at radius 1 is 1.39 bits per heavy atom. The van der Waals surface area contributed by atoms with E-state index in [1.54, 1.807) is 5.32 Å². The highest BCUT2D eigenvalue weighted by atomic mass is 19.1.